The van der Waals surface area contributed by atoms with Gasteiger partial charge in [-0.1, -0.05) is 36.4 Å². The largest absolute Gasteiger partial charge is 0.348 e. The van der Waals surface area contributed by atoms with Gasteiger partial charge in [-0.15, -0.1) is 0 Å². The van der Waals surface area contributed by atoms with Crippen LogP contribution in [0.2, 0.25) is 0 Å². The minimum atomic E-state index is -0.484. The molecule has 0 saturated heterocycles. The van der Waals surface area contributed by atoms with Crippen LogP contribution < -0.4 is 16.4 Å². The van der Waals surface area contributed by atoms with Gasteiger partial charge >= 0.3 is 0 Å². The van der Waals surface area contributed by atoms with E-state index in [1.807, 2.05) is 31.2 Å². The second kappa shape index (κ2) is 9.12. The Kier molecular flexibility index (Phi) is 6.36. The van der Waals surface area contributed by atoms with Crippen LogP contribution in [-0.4, -0.2) is 11.8 Å². The molecule has 0 heterocycles. The molecule has 0 aliphatic heterocycles. The van der Waals surface area contributed by atoms with Gasteiger partial charge in [-0.2, -0.15) is 0 Å². The van der Waals surface area contributed by atoms with Gasteiger partial charge in [-0.3, -0.25) is 9.59 Å². The summed E-state index contributed by atoms with van der Waals surface area (Å²) in [6, 6.07) is 18.2. The van der Waals surface area contributed by atoms with Crippen LogP contribution in [0.3, 0.4) is 0 Å². The Hall–Kier alpha value is -3.51. The van der Waals surface area contributed by atoms with E-state index in [4.69, 9.17) is 5.73 Å². The molecule has 0 atom stereocenters. The van der Waals surface area contributed by atoms with Crippen LogP contribution in [0.15, 0.2) is 66.7 Å². The topological polar surface area (TPSA) is 84.2 Å². The van der Waals surface area contributed by atoms with Crippen LogP contribution >= 0.6 is 0 Å². The number of carbonyl (C=O) groups is 2. The molecule has 0 radical (unpaired) electrons. The van der Waals surface area contributed by atoms with Crippen LogP contribution in [-0.2, 0) is 13.1 Å². The lowest BCUT2D eigenvalue weighted by molar-refractivity contribution is 0.0949. The van der Waals surface area contributed by atoms with E-state index in [1.54, 1.807) is 18.2 Å². The van der Waals surface area contributed by atoms with E-state index in [0.29, 0.717) is 24.3 Å². The lowest BCUT2D eigenvalue weighted by Crippen LogP contribution is -2.23. The molecule has 6 heteroatoms. The van der Waals surface area contributed by atoms with Crippen LogP contribution in [0.1, 0.15) is 37.4 Å². The van der Waals surface area contributed by atoms with Gasteiger partial charge in [0.1, 0.15) is 5.82 Å². The standard InChI is InChI=1S/C23H22FN3O2/c1-15-5-10-19(22(28)26-14-17-8-6-16(13-25)7-9-17)12-21(15)27-23(29)18-3-2-4-20(24)11-18/h2-12H,13-14,25H2,1H3,(H,26,28)(H,27,29). The van der Waals surface area contributed by atoms with Crippen molar-refractivity contribution in [3.63, 3.8) is 0 Å². The van der Waals surface area contributed by atoms with Crippen molar-refractivity contribution in [1.82, 2.24) is 5.32 Å². The molecule has 29 heavy (non-hydrogen) atoms. The second-order valence-electron chi connectivity index (χ2n) is 6.70. The van der Waals surface area contributed by atoms with Gasteiger partial charge in [0, 0.05) is 29.9 Å². The monoisotopic (exact) mass is 391 g/mol. The first-order valence-corrected chi connectivity index (χ1v) is 9.20. The highest BCUT2D eigenvalue weighted by Gasteiger charge is 2.12. The van der Waals surface area contributed by atoms with E-state index in [2.05, 4.69) is 10.6 Å². The Morgan fingerprint density at radius 3 is 2.28 bits per heavy atom. The van der Waals surface area contributed by atoms with E-state index in [1.165, 1.54) is 18.2 Å². The molecule has 0 aliphatic rings. The van der Waals surface area contributed by atoms with Crippen molar-refractivity contribution >= 4 is 17.5 Å². The molecule has 0 aliphatic carbocycles. The van der Waals surface area contributed by atoms with Gasteiger partial charge in [0.15, 0.2) is 0 Å². The highest BCUT2D eigenvalue weighted by molar-refractivity contribution is 6.05. The van der Waals surface area contributed by atoms with Crippen molar-refractivity contribution in [2.24, 2.45) is 5.73 Å². The number of halogens is 1. The summed E-state index contributed by atoms with van der Waals surface area (Å²) in [5.41, 5.74) is 9.49. The summed E-state index contributed by atoms with van der Waals surface area (Å²) in [4.78, 5) is 24.9. The predicted molar refractivity (Wildman–Crippen MR) is 111 cm³/mol. The first kappa shape index (κ1) is 20.2. The number of carbonyl (C=O) groups excluding carboxylic acids is 2. The van der Waals surface area contributed by atoms with Crippen LogP contribution in [0.25, 0.3) is 0 Å². The number of aryl methyl sites for hydroxylation is 1. The summed E-state index contributed by atoms with van der Waals surface area (Å²) in [5.74, 6) is -1.18. The minimum Gasteiger partial charge on any atom is -0.348 e. The van der Waals surface area contributed by atoms with Crippen molar-refractivity contribution in [2.75, 3.05) is 5.32 Å². The highest BCUT2D eigenvalue weighted by atomic mass is 19.1. The fraction of sp³-hybridized carbons (Fsp3) is 0.130. The Labute approximate surface area is 168 Å². The van der Waals surface area contributed by atoms with E-state index < -0.39 is 11.7 Å². The zero-order chi connectivity index (χ0) is 20.8. The van der Waals surface area contributed by atoms with Gasteiger partial charge in [-0.25, -0.2) is 4.39 Å². The fourth-order valence-electron chi connectivity index (χ4n) is 2.80. The quantitative estimate of drug-likeness (QED) is 0.598. The third-order valence-corrected chi connectivity index (χ3v) is 4.55. The molecule has 5 nitrogen and oxygen atoms in total. The Morgan fingerprint density at radius 2 is 1.59 bits per heavy atom. The summed E-state index contributed by atoms with van der Waals surface area (Å²) in [5, 5.41) is 5.60. The molecular weight excluding hydrogens is 369 g/mol. The van der Waals surface area contributed by atoms with E-state index in [-0.39, 0.29) is 11.5 Å². The number of nitrogens with two attached hydrogens (primary N) is 1. The predicted octanol–water partition coefficient (Wildman–Crippen LogP) is 3.78. The van der Waals surface area contributed by atoms with Gasteiger partial charge in [0.2, 0.25) is 0 Å². The lowest BCUT2D eigenvalue weighted by atomic mass is 10.1. The average molecular weight is 391 g/mol. The summed E-state index contributed by atoms with van der Waals surface area (Å²) in [7, 11) is 0. The summed E-state index contributed by atoms with van der Waals surface area (Å²) < 4.78 is 13.3. The maximum Gasteiger partial charge on any atom is 0.255 e. The lowest BCUT2D eigenvalue weighted by Gasteiger charge is -2.11. The molecular formula is C23H22FN3O2. The smallest absolute Gasteiger partial charge is 0.255 e. The molecule has 0 unspecified atom stereocenters. The van der Waals surface area contributed by atoms with Crippen LogP contribution in [0, 0.1) is 12.7 Å². The maximum absolute atomic E-state index is 13.3. The van der Waals surface area contributed by atoms with Gasteiger partial charge in [-0.05, 0) is 53.9 Å². The molecule has 3 aromatic carbocycles. The molecule has 3 rings (SSSR count). The molecule has 0 fully saturated rings. The van der Waals surface area contributed by atoms with Crippen LogP contribution in [0.5, 0.6) is 0 Å². The zero-order valence-corrected chi connectivity index (χ0v) is 16.0. The first-order valence-electron chi connectivity index (χ1n) is 9.20. The SMILES string of the molecule is Cc1ccc(C(=O)NCc2ccc(CN)cc2)cc1NC(=O)c1cccc(F)c1. The minimum absolute atomic E-state index is 0.209. The number of rotatable bonds is 6. The fourth-order valence-corrected chi connectivity index (χ4v) is 2.80. The van der Waals surface area contributed by atoms with E-state index in [9.17, 15) is 14.0 Å². The molecule has 2 amide bonds. The van der Waals surface area contributed by atoms with Crippen molar-refractivity contribution in [3.05, 3.63) is 100 Å². The van der Waals surface area contributed by atoms with E-state index >= 15 is 0 Å². The Morgan fingerprint density at radius 1 is 0.897 bits per heavy atom. The number of hydrogen-bond acceptors (Lipinski definition) is 3. The van der Waals surface area contributed by atoms with Crippen molar-refractivity contribution < 1.29 is 14.0 Å². The van der Waals surface area contributed by atoms with Gasteiger partial charge < -0.3 is 16.4 Å². The molecule has 3 aromatic rings. The van der Waals surface area contributed by atoms with Crippen molar-refractivity contribution in [1.29, 1.82) is 0 Å². The third kappa shape index (κ3) is 5.27. The molecule has 148 valence electrons. The Balaban J connectivity index is 1.68. The molecule has 0 saturated carbocycles. The summed E-state index contributed by atoms with van der Waals surface area (Å²) in [6.45, 7) is 2.67. The van der Waals surface area contributed by atoms with Crippen LogP contribution in [0.4, 0.5) is 10.1 Å². The molecule has 0 aromatic heterocycles. The number of nitrogens with one attached hydrogen (secondary N) is 2. The summed E-state index contributed by atoms with van der Waals surface area (Å²) in [6.07, 6.45) is 0. The molecule has 0 bridgehead atoms. The maximum atomic E-state index is 13.3. The van der Waals surface area contributed by atoms with Crippen molar-refractivity contribution in [2.45, 2.75) is 20.0 Å². The zero-order valence-electron chi connectivity index (χ0n) is 16.0. The number of benzene rings is 3. The Bertz CT molecular complexity index is 1030. The first-order chi connectivity index (χ1) is 14.0. The highest BCUT2D eigenvalue weighted by Crippen LogP contribution is 2.18. The third-order valence-electron chi connectivity index (χ3n) is 4.55. The van der Waals surface area contributed by atoms with Crippen molar-refractivity contribution in [3.8, 4) is 0 Å². The molecule has 4 N–H and O–H groups in total. The number of anilines is 1. The number of hydrogen-bond donors (Lipinski definition) is 3. The average Bonchev–Trinajstić information content (AvgIpc) is 2.74. The van der Waals surface area contributed by atoms with E-state index in [0.717, 1.165) is 22.8 Å². The second-order valence-corrected chi connectivity index (χ2v) is 6.70. The molecule has 0 spiro atoms. The van der Waals surface area contributed by atoms with Gasteiger partial charge in [0.25, 0.3) is 11.8 Å². The summed E-state index contributed by atoms with van der Waals surface area (Å²) >= 11 is 0. The normalized spacial score (nSPS) is 10.4. The van der Waals surface area contributed by atoms with Gasteiger partial charge in [0.05, 0.1) is 0 Å². The number of amides is 2.